The third-order valence-corrected chi connectivity index (χ3v) is 5.28. The van der Waals surface area contributed by atoms with E-state index in [0.717, 1.165) is 56.0 Å². The van der Waals surface area contributed by atoms with Gasteiger partial charge in [-0.25, -0.2) is 0 Å². The highest BCUT2D eigenvalue weighted by molar-refractivity contribution is 14.0. The summed E-state index contributed by atoms with van der Waals surface area (Å²) in [7, 11) is 1.82. The fourth-order valence-electron chi connectivity index (χ4n) is 3.48. The van der Waals surface area contributed by atoms with E-state index in [1.54, 1.807) is 0 Å². The second kappa shape index (κ2) is 12.3. The number of para-hydroxylation sites is 1. The number of rotatable bonds is 8. The van der Waals surface area contributed by atoms with E-state index in [-0.39, 0.29) is 35.9 Å². The minimum absolute atomic E-state index is 0. The number of nitrogens with zero attached hydrogens (tertiary/aromatic N) is 3. The van der Waals surface area contributed by atoms with Gasteiger partial charge in [-0.2, -0.15) is 0 Å². The number of piperazine rings is 1. The summed E-state index contributed by atoms with van der Waals surface area (Å²) in [6.07, 6.45) is 2.58. The molecule has 0 bridgehead atoms. The fraction of sp³-hybridized carbons (Fsp3) is 0.636. The van der Waals surface area contributed by atoms with Gasteiger partial charge in [-0.15, -0.1) is 24.0 Å². The molecule has 0 atom stereocenters. The molecule has 1 aliphatic carbocycles. The average molecular weight is 529 g/mol. The third kappa shape index (κ3) is 7.94. The first-order valence-electron chi connectivity index (χ1n) is 10.7. The van der Waals surface area contributed by atoms with E-state index in [0.29, 0.717) is 13.1 Å². The van der Waals surface area contributed by atoms with Crippen LogP contribution in [-0.4, -0.2) is 74.1 Å². The maximum absolute atomic E-state index is 12.0. The molecule has 3 rings (SSSR count). The summed E-state index contributed by atoms with van der Waals surface area (Å²) in [6, 6.07) is 8.40. The Balaban J connectivity index is 0.00000320. The van der Waals surface area contributed by atoms with Crippen molar-refractivity contribution in [2.24, 2.45) is 10.9 Å². The van der Waals surface area contributed by atoms with Crippen molar-refractivity contribution in [2.75, 3.05) is 46.4 Å². The van der Waals surface area contributed by atoms with E-state index in [9.17, 15) is 4.79 Å². The van der Waals surface area contributed by atoms with Gasteiger partial charge in [0.25, 0.3) is 0 Å². The molecule has 1 aromatic carbocycles. The van der Waals surface area contributed by atoms with Crippen molar-refractivity contribution in [3.63, 3.8) is 0 Å². The summed E-state index contributed by atoms with van der Waals surface area (Å²) in [6.45, 7) is 9.36. The normalized spacial score (nSPS) is 17.5. The Bertz CT molecular complexity index is 701. The lowest BCUT2D eigenvalue weighted by Gasteiger charge is -2.36. The minimum Gasteiger partial charge on any atom is -0.493 e. The van der Waals surface area contributed by atoms with Crippen molar-refractivity contribution in [2.45, 2.75) is 39.3 Å². The number of carbonyl (C=O) groups excluding carboxylic acids is 1. The van der Waals surface area contributed by atoms with E-state index in [2.05, 4.69) is 31.5 Å². The predicted octanol–water partition coefficient (Wildman–Crippen LogP) is 2.31. The molecule has 2 N–H and O–H groups in total. The summed E-state index contributed by atoms with van der Waals surface area (Å²) in [5.74, 6) is 2.69. The van der Waals surface area contributed by atoms with E-state index < -0.39 is 0 Å². The van der Waals surface area contributed by atoms with E-state index in [1.807, 2.05) is 39.1 Å². The quantitative estimate of drug-likeness (QED) is 0.308. The van der Waals surface area contributed by atoms with Crippen LogP contribution in [0.2, 0.25) is 0 Å². The van der Waals surface area contributed by atoms with Crippen molar-refractivity contribution < 1.29 is 9.53 Å². The lowest BCUT2D eigenvalue weighted by atomic mass is 10.2. The van der Waals surface area contributed by atoms with Gasteiger partial charge < -0.3 is 20.3 Å². The Labute approximate surface area is 197 Å². The molecule has 168 valence electrons. The van der Waals surface area contributed by atoms with E-state index in [4.69, 9.17) is 4.74 Å². The second-order valence-corrected chi connectivity index (χ2v) is 8.25. The third-order valence-electron chi connectivity index (χ3n) is 5.28. The number of halogens is 1. The molecule has 1 aliphatic heterocycles. The lowest BCUT2D eigenvalue weighted by Crippen LogP contribution is -2.54. The highest BCUT2D eigenvalue weighted by atomic mass is 127. The molecular formula is C22H36IN5O2. The van der Waals surface area contributed by atoms with Gasteiger partial charge in [0.2, 0.25) is 5.91 Å². The van der Waals surface area contributed by atoms with E-state index in [1.165, 1.54) is 12.8 Å². The largest absolute Gasteiger partial charge is 0.493 e. The van der Waals surface area contributed by atoms with Gasteiger partial charge in [-0.1, -0.05) is 18.2 Å². The molecule has 7 nitrogen and oxygen atoms in total. The van der Waals surface area contributed by atoms with Crippen molar-refractivity contribution in [3.8, 4) is 5.75 Å². The molecule has 8 heteroatoms. The Morgan fingerprint density at radius 2 is 1.90 bits per heavy atom. The molecule has 1 amide bonds. The summed E-state index contributed by atoms with van der Waals surface area (Å²) >= 11 is 0. The molecule has 1 aromatic rings. The van der Waals surface area contributed by atoms with Crippen LogP contribution in [0.3, 0.4) is 0 Å². The zero-order valence-corrected chi connectivity index (χ0v) is 20.7. The molecule has 1 saturated heterocycles. The second-order valence-electron chi connectivity index (χ2n) is 8.25. The number of nitrogens with one attached hydrogen (secondary N) is 2. The zero-order chi connectivity index (χ0) is 20.6. The van der Waals surface area contributed by atoms with E-state index >= 15 is 0 Å². The predicted molar refractivity (Wildman–Crippen MR) is 132 cm³/mol. The minimum atomic E-state index is 0. The summed E-state index contributed by atoms with van der Waals surface area (Å²) in [5, 5.41) is 6.44. The molecule has 0 spiro atoms. The number of aliphatic imine (C=N–C) groups is 1. The number of guanidine groups is 1. The van der Waals surface area contributed by atoms with Crippen LogP contribution < -0.4 is 15.4 Å². The first-order valence-corrected chi connectivity index (χ1v) is 10.7. The summed E-state index contributed by atoms with van der Waals surface area (Å²) in [4.78, 5) is 20.9. The van der Waals surface area contributed by atoms with Crippen LogP contribution in [0.25, 0.3) is 0 Å². The standard InChI is InChI=1S/C22H35N5O2.HI/c1-17(2)25-21(28)15-26-10-12-27(13-11-26)22(23-3)24-14-19-6-4-5-7-20(19)29-16-18-8-9-18;/h4-7,17-18H,8-16H2,1-3H3,(H,23,24)(H,25,28);1H. The van der Waals surface area contributed by atoms with Crippen LogP contribution >= 0.6 is 24.0 Å². The fourth-order valence-corrected chi connectivity index (χ4v) is 3.48. The van der Waals surface area contributed by atoms with Crippen LogP contribution in [0.5, 0.6) is 5.75 Å². The Kier molecular flexibility index (Phi) is 10.2. The molecular weight excluding hydrogens is 493 g/mol. The first kappa shape index (κ1) is 24.7. The molecule has 2 fully saturated rings. The summed E-state index contributed by atoms with van der Waals surface area (Å²) in [5.41, 5.74) is 1.15. The van der Waals surface area contributed by atoms with Crippen molar-refractivity contribution in [1.29, 1.82) is 0 Å². The van der Waals surface area contributed by atoms with Crippen molar-refractivity contribution in [3.05, 3.63) is 29.8 Å². The molecule has 0 radical (unpaired) electrons. The smallest absolute Gasteiger partial charge is 0.234 e. The molecule has 2 aliphatic rings. The molecule has 0 unspecified atom stereocenters. The van der Waals surface area contributed by atoms with Crippen LogP contribution in [0.15, 0.2) is 29.3 Å². The monoisotopic (exact) mass is 529 g/mol. The van der Waals surface area contributed by atoms with Crippen LogP contribution in [0.1, 0.15) is 32.3 Å². The number of ether oxygens (including phenoxy) is 1. The topological polar surface area (TPSA) is 69.2 Å². The molecule has 30 heavy (non-hydrogen) atoms. The maximum atomic E-state index is 12.0. The average Bonchev–Trinajstić information content (AvgIpc) is 3.52. The Morgan fingerprint density at radius 1 is 1.20 bits per heavy atom. The van der Waals surface area contributed by atoms with Gasteiger partial charge in [0, 0.05) is 51.4 Å². The van der Waals surface area contributed by atoms with Gasteiger partial charge in [-0.3, -0.25) is 14.7 Å². The van der Waals surface area contributed by atoms with Crippen LogP contribution in [0, 0.1) is 5.92 Å². The number of benzene rings is 1. The van der Waals surface area contributed by atoms with Gasteiger partial charge in [0.05, 0.1) is 13.2 Å². The Morgan fingerprint density at radius 3 is 2.53 bits per heavy atom. The summed E-state index contributed by atoms with van der Waals surface area (Å²) < 4.78 is 6.01. The van der Waals surface area contributed by atoms with Gasteiger partial charge in [0.15, 0.2) is 5.96 Å². The SMILES string of the molecule is CN=C(NCc1ccccc1OCC1CC1)N1CCN(CC(=O)NC(C)C)CC1.I. The lowest BCUT2D eigenvalue weighted by molar-refractivity contribution is -0.123. The van der Waals surface area contributed by atoms with Gasteiger partial charge in [-0.05, 0) is 38.7 Å². The number of hydrogen-bond acceptors (Lipinski definition) is 4. The van der Waals surface area contributed by atoms with Crippen molar-refractivity contribution >= 4 is 35.8 Å². The number of amides is 1. The van der Waals surface area contributed by atoms with Gasteiger partial charge in [0.1, 0.15) is 5.75 Å². The first-order chi connectivity index (χ1) is 14.0. The highest BCUT2D eigenvalue weighted by Gasteiger charge is 2.23. The van der Waals surface area contributed by atoms with Crippen LogP contribution in [-0.2, 0) is 11.3 Å². The van der Waals surface area contributed by atoms with Crippen molar-refractivity contribution in [1.82, 2.24) is 20.4 Å². The van der Waals surface area contributed by atoms with Crippen LogP contribution in [0.4, 0.5) is 0 Å². The molecule has 1 saturated carbocycles. The zero-order valence-electron chi connectivity index (χ0n) is 18.4. The Hall–Kier alpha value is -1.55. The molecule has 0 aromatic heterocycles. The number of carbonyl (C=O) groups is 1. The van der Waals surface area contributed by atoms with Gasteiger partial charge >= 0.3 is 0 Å². The highest BCUT2D eigenvalue weighted by Crippen LogP contribution is 2.30. The molecule has 1 heterocycles. The number of hydrogen-bond donors (Lipinski definition) is 2. The maximum Gasteiger partial charge on any atom is 0.234 e.